The average molecular weight is 404 g/mol. The summed E-state index contributed by atoms with van der Waals surface area (Å²) in [6, 6.07) is 6.06. The predicted molar refractivity (Wildman–Crippen MR) is 101 cm³/mol. The van der Waals surface area contributed by atoms with Crippen LogP contribution in [0, 0.1) is 0 Å². The smallest absolute Gasteiger partial charge is 0.253 e. The van der Waals surface area contributed by atoms with Gasteiger partial charge < -0.3 is 15.4 Å². The van der Waals surface area contributed by atoms with Gasteiger partial charge in [0.15, 0.2) is 0 Å². The Balaban J connectivity index is 0.00000243. The lowest BCUT2D eigenvalue weighted by Crippen LogP contribution is -2.45. The summed E-state index contributed by atoms with van der Waals surface area (Å²) in [5.41, 5.74) is 6.39. The molecule has 0 aliphatic carbocycles. The first kappa shape index (κ1) is 21.1. The number of carbonyl (C=O) groups excluding carboxylic acids is 1. The van der Waals surface area contributed by atoms with Crippen molar-refractivity contribution in [2.24, 2.45) is 5.73 Å². The maximum atomic E-state index is 12.5. The lowest BCUT2D eigenvalue weighted by molar-refractivity contribution is 0.0708. The third-order valence-corrected chi connectivity index (χ3v) is 6.12. The molecule has 2 fully saturated rings. The van der Waals surface area contributed by atoms with Gasteiger partial charge in [-0.3, -0.25) is 4.79 Å². The molecule has 0 bridgehead atoms. The highest BCUT2D eigenvalue weighted by Gasteiger charge is 2.24. The van der Waals surface area contributed by atoms with Crippen LogP contribution in [-0.2, 0) is 14.8 Å². The minimum atomic E-state index is -3.60. The van der Waals surface area contributed by atoms with Crippen molar-refractivity contribution in [1.82, 2.24) is 9.62 Å². The SMILES string of the molecule is Cl.NC1CCCN(C(=O)c2ccc(S(=O)(=O)NCC3CCCO3)cc2)C1. The Morgan fingerprint density at radius 2 is 1.96 bits per heavy atom. The van der Waals surface area contributed by atoms with E-state index in [1.54, 1.807) is 17.0 Å². The van der Waals surface area contributed by atoms with Gasteiger partial charge in [-0.25, -0.2) is 13.1 Å². The molecule has 1 amide bonds. The van der Waals surface area contributed by atoms with Gasteiger partial charge in [-0.2, -0.15) is 0 Å². The second-order valence-corrected chi connectivity index (χ2v) is 8.43. The van der Waals surface area contributed by atoms with Crippen molar-refractivity contribution in [3.05, 3.63) is 29.8 Å². The number of hydrogen-bond acceptors (Lipinski definition) is 5. The number of likely N-dealkylation sites (tertiary alicyclic amines) is 1. The molecule has 0 aromatic heterocycles. The Morgan fingerprint density at radius 3 is 2.58 bits per heavy atom. The molecule has 2 heterocycles. The number of piperidine rings is 1. The molecule has 2 aliphatic heterocycles. The molecule has 2 unspecified atom stereocenters. The fraction of sp³-hybridized carbons (Fsp3) is 0.588. The van der Waals surface area contributed by atoms with E-state index in [-0.39, 0.29) is 41.9 Å². The molecule has 0 radical (unpaired) electrons. The summed E-state index contributed by atoms with van der Waals surface area (Å²) in [5, 5.41) is 0. The summed E-state index contributed by atoms with van der Waals surface area (Å²) < 4.78 is 32.7. The highest BCUT2D eigenvalue weighted by Crippen LogP contribution is 2.16. The van der Waals surface area contributed by atoms with Crippen LogP contribution in [0.1, 0.15) is 36.0 Å². The molecule has 146 valence electrons. The van der Waals surface area contributed by atoms with Gasteiger partial charge in [-0.1, -0.05) is 0 Å². The quantitative estimate of drug-likeness (QED) is 0.767. The minimum Gasteiger partial charge on any atom is -0.377 e. The molecule has 2 aliphatic rings. The fourth-order valence-corrected chi connectivity index (χ4v) is 4.31. The van der Waals surface area contributed by atoms with Crippen LogP contribution >= 0.6 is 12.4 Å². The van der Waals surface area contributed by atoms with Gasteiger partial charge in [0.05, 0.1) is 11.0 Å². The van der Waals surface area contributed by atoms with E-state index in [4.69, 9.17) is 10.5 Å². The average Bonchev–Trinajstić information content (AvgIpc) is 3.13. The zero-order valence-electron chi connectivity index (χ0n) is 14.6. The number of carbonyl (C=O) groups is 1. The van der Waals surface area contributed by atoms with Gasteiger partial charge in [-0.05, 0) is 49.9 Å². The molecule has 26 heavy (non-hydrogen) atoms. The number of nitrogens with one attached hydrogen (secondary N) is 1. The monoisotopic (exact) mass is 403 g/mol. The Kier molecular flexibility index (Phi) is 7.42. The number of rotatable bonds is 5. The molecule has 1 aromatic rings. The molecule has 2 saturated heterocycles. The van der Waals surface area contributed by atoms with Crippen molar-refractivity contribution in [1.29, 1.82) is 0 Å². The Labute approximate surface area is 160 Å². The number of nitrogens with zero attached hydrogens (tertiary/aromatic N) is 1. The number of sulfonamides is 1. The molecule has 0 spiro atoms. The Bertz CT molecular complexity index is 705. The standard InChI is InChI=1S/C17H25N3O4S.ClH/c18-14-3-1-9-20(12-14)17(21)13-5-7-16(8-6-13)25(22,23)19-11-15-4-2-10-24-15;/h5-8,14-15,19H,1-4,9-12,18H2;1H. The van der Waals surface area contributed by atoms with Crippen molar-refractivity contribution >= 4 is 28.3 Å². The van der Waals surface area contributed by atoms with E-state index in [0.717, 1.165) is 25.7 Å². The number of halogens is 1. The Hall–Kier alpha value is -1.19. The van der Waals surface area contributed by atoms with Crippen molar-refractivity contribution in [2.75, 3.05) is 26.2 Å². The molecule has 9 heteroatoms. The number of amides is 1. The zero-order valence-corrected chi connectivity index (χ0v) is 16.2. The van der Waals surface area contributed by atoms with Gasteiger partial charge >= 0.3 is 0 Å². The van der Waals surface area contributed by atoms with Crippen LogP contribution in [0.3, 0.4) is 0 Å². The van der Waals surface area contributed by atoms with Crippen molar-refractivity contribution in [2.45, 2.75) is 42.7 Å². The van der Waals surface area contributed by atoms with E-state index < -0.39 is 10.0 Å². The molecule has 0 saturated carbocycles. The normalized spacial score (nSPS) is 23.5. The first-order valence-corrected chi connectivity index (χ1v) is 10.2. The largest absolute Gasteiger partial charge is 0.377 e. The summed E-state index contributed by atoms with van der Waals surface area (Å²) in [7, 11) is -3.60. The summed E-state index contributed by atoms with van der Waals surface area (Å²) >= 11 is 0. The molecule has 2 atom stereocenters. The third-order valence-electron chi connectivity index (χ3n) is 4.68. The van der Waals surface area contributed by atoms with E-state index in [9.17, 15) is 13.2 Å². The lowest BCUT2D eigenvalue weighted by Gasteiger charge is -2.30. The summed E-state index contributed by atoms with van der Waals surface area (Å²) in [6.45, 7) is 2.19. The second kappa shape index (κ2) is 9.14. The van der Waals surface area contributed by atoms with E-state index in [1.165, 1.54) is 12.1 Å². The highest BCUT2D eigenvalue weighted by molar-refractivity contribution is 7.89. The van der Waals surface area contributed by atoms with Crippen LogP contribution < -0.4 is 10.5 Å². The van der Waals surface area contributed by atoms with Crippen molar-refractivity contribution in [3.8, 4) is 0 Å². The van der Waals surface area contributed by atoms with Gasteiger partial charge in [0, 0.05) is 37.8 Å². The van der Waals surface area contributed by atoms with Gasteiger partial charge in [0.2, 0.25) is 10.0 Å². The second-order valence-electron chi connectivity index (χ2n) is 6.66. The van der Waals surface area contributed by atoms with E-state index >= 15 is 0 Å². The summed E-state index contributed by atoms with van der Waals surface area (Å²) in [6.07, 6.45) is 3.60. The minimum absolute atomic E-state index is 0. The van der Waals surface area contributed by atoms with Crippen LogP contribution in [0.15, 0.2) is 29.2 Å². The van der Waals surface area contributed by atoms with Gasteiger partial charge in [0.1, 0.15) is 0 Å². The molecule has 3 rings (SSSR count). The Morgan fingerprint density at radius 1 is 1.23 bits per heavy atom. The number of ether oxygens (including phenoxy) is 1. The molecular formula is C17H26ClN3O4S. The predicted octanol–water partition coefficient (Wildman–Crippen LogP) is 1.13. The molecular weight excluding hydrogens is 378 g/mol. The van der Waals surface area contributed by atoms with Gasteiger partial charge in [0.25, 0.3) is 5.91 Å². The summed E-state index contributed by atoms with van der Waals surface area (Å²) in [5.74, 6) is -0.105. The van der Waals surface area contributed by atoms with Crippen LogP contribution in [0.4, 0.5) is 0 Å². The number of nitrogens with two attached hydrogens (primary N) is 1. The number of benzene rings is 1. The van der Waals surface area contributed by atoms with Crippen LogP contribution in [0.5, 0.6) is 0 Å². The zero-order chi connectivity index (χ0) is 17.9. The maximum absolute atomic E-state index is 12.5. The molecule has 3 N–H and O–H groups in total. The first-order chi connectivity index (χ1) is 12.0. The highest BCUT2D eigenvalue weighted by atomic mass is 35.5. The maximum Gasteiger partial charge on any atom is 0.253 e. The molecule has 1 aromatic carbocycles. The fourth-order valence-electron chi connectivity index (χ4n) is 3.24. The first-order valence-electron chi connectivity index (χ1n) is 8.72. The molecule has 7 nitrogen and oxygen atoms in total. The third kappa shape index (κ3) is 5.17. The van der Waals surface area contributed by atoms with Crippen LogP contribution in [0.25, 0.3) is 0 Å². The van der Waals surface area contributed by atoms with E-state index in [2.05, 4.69) is 4.72 Å². The van der Waals surface area contributed by atoms with Crippen LogP contribution in [0.2, 0.25) is 0 Å². The van der Waals surface area contributed by atoms with Crippen molar-refractivity contribution < 1.29 is 17.9 Å². The topological polar surface area (TPSA) is 102 Å². The lowest BCUT2D eigenvalue weighted by atomic mass is 10.1. The van der Waals surface area contributed by atoms with E-state index in [1.807, 2.05) is 0 Å². The van der Waals surface area contributed by atoms with Crippen LogP contribution in [-0.4, -0.2) is 57.6 Å². The summed E-state index contributed by atoms with van der Waals surface area (Å²) in [4.78, 5) is 14.4. The van der Waals surface area contributed by atoms with E-state index in [0.29, 0.717) is 25.3 Å². The van der Waals surface area contributed by atoms with Crippen molar-refractivity contribution in [3.63, 3.8) is 0 Å². The van der Waals surface area contributed by atoms with Gasteiger partial charge in [-0.15, -0.1) is 12.4 Å². The number of hydrogen-bond donors (Lipinski definition) is 2.